The highest BCUT2D eigenvalue weighted by Crippen LogP contribution is 2.31. The smallest absolute Gasteiger partial charge is 0.433 e. The van der Waals surface area contributed by atoms with Crippen molar-refractivity contribution in [2.75, 3.05) is 6.54 Å². The third-order valence-electron chi connectivity index (χ3n) is 3.33. The molecule has 2 rings (SSSR count). The van der Waals surface area contributed by atoms with E-state index in [0.717, 1.165) is 6.07 Å². The van der Waals surface area contributed by atoms with E-state index in [1.54, 1.807) is 0 Å². The van der Waals surface area contributed by atoms with Crippen LogP contribution in [0.25, 0.3) is 0 Å². The number of rotatable bonds is 3. The Kier molecular flexibility index (Phi) is 3.01. The first kappa shape index (κ1) is 13.1. The Bertz CT molecular complexity index is 551. The Balaban J connectivity index is 2.28. The van der Waals surface area contributed by atoms with E-state index in [1.807, 2.05) is 0 Å². The van der Waals surface area contributed by atoms with Crippen molar-refractivity contribution in [1.82, 2.24) is 4.90 Å². The second-order valence-corrected chi connectivity index (χ2v) is 4.53. The number of nitrogens with zero attached hydrogens (tertiary/aromatic N) is 2. The first-order chi connectivity index (χ1) is 8.86. The molecule has 19 heavy (non-hydrogen) atoms. The summed E-state index contributed by atoms with van der Waals surface area (Å²) in [6.45, 7) is 1.74. The summed E-state index contributed by atoms with van der Waals surface area (Å²) in [6.07, 6.45) is 0.911. The fraction of sp³-hybridized carbons (Fsp3) is 0.455. The lowest BCUT2D eigenvalue weighted by molar-refractivity contribution is -0.402. The molecule has 1 saturated heterocycles. The zero-order valence-electron chi connectivity index (χ0n) is 10.2. The third kappa shape index (κ3) is 2.05. The summed E-state index contributed by atoms with van der Waals surface area (Å²) in [5.74, 6) is -2.50. The second kappa shape index (κ2) is 4.38. The number of hydrogen-bond acceptors (Lipinski definition) is 5. The van der Waals surface area contributed by atoms with Crippen molar-refractivity contribution >= 4 is 17.8 Å². The Morgan fingerprint density at radius 1 is 1.53 bits per heavy atom. The minimum absolute atomic E-state index is 0.221. The molecule has 1 N–H and O–H groups in total. The molecule has 0 aromatic carbocycles. The van der Waals surface area contributed by atoms with Crippen molar-refractivity contribution in [2.45, 2.75) is 25.3 Å². The van der Waals surface area contributed by atoms with E-state index in [0.29, 0.717) is 12.8 Å². The van der Waals surface area contributed by atoms with Gasteiger partial charge in [-0.15, -0.1) is 0 Å². The summed E-state index contributed by atoms with van der Waals surface area (Å²) in [6, 6.07) is 2.25. The van der Waals surface area contributed by atoms with Gasteiger partial charge in [-0.05, 0) is 25.8 Å². The summed E-state index contributed by atoms with van der Waals surface area (Å²) in [5, 5.41) is 19.7. The molecule has 8 heteroatoms. The molecule has 0 radical (unpaired) electrons. The van der Waals surface area contributed by atoms with E-state index < -0.39 is 28.2 Å². The number of hydrogen-bond donors (Lipinski definition) is 1. The predicted molar refractivity (Wildman–Crippen MR) is 61.7 cm³/mol. The molecule has 0 bridgehead atoms. The predicted octanol–water partition coefficient (Wildman–Crippen LogP) is 1.27. The van der Waals surface area contributed by atoms with Gasteiger partial charge in [0, 0.05) is 6.54 Å². The molecule has 1 aliphatic rings. The summed E-state index contributed by atoms with van der Waals surface area (Å²) < 4.78 is 4.81. The van der Waals surface area contributed by atoms with Gasteiger partial charge in [0.25, 0.3) is 5.91 Å². The Hall–Kier alpha value is -2.38. The number of likely N-dealkylation sites (tertiary alicyclic amines) is 1. The number of nitro groups is 1. The van der Waals surface area contributed by atoms with Gasteiger partial charge in [0.05, 0.1) is 6.07 Å². The van der Waals surface area contributed by atoms with E-state index in [9.17, 15) is 24.8 Å². The highest BCUT2D eigenvalue weighted by atomic mass is 16.6. The second-order valence-electron chi connectivity index (χ2n) is 4.53. The monoisotopic (exact) mass is 268 g/mol. The molecular formula is C11H12N2O6. The average Bonchev–Trinajstić information content (AvgIpc) is 2.95. The van der Waals surface area contributed by atoms with Crippen LogP contribution in [-0.2, 0) is 4.79 Å². The van der Waals surface area contributed by atoms with Gasteiger partial charge in [0.2, 0.25) is 0 Å². The molecule has 8 nitrogen and oxygen atoms in total. The maximum Gasteiger partial charge on any atom is 0.433 e. The molecule has 1 unspecified atom stereocenters. The lowest BCUT2D eigenvalue weighted by Crippen LogP contribution is -2.50. The maximum atomic E-state index is 12.1. The number of furan rings is 1. The maximum absolute atomic E-state index is 12.1. The lowest BCUT2D eigenvalue weighted by Gasteiger charge is -2.30. The lowest BCUT2D eigenvalue weighted by atomic mass is 9.99. The molecule has 2 heterocycles. The van der Waals surface area contributed by atoms with Gasteiger partial charge in [0.1, 0.15) is 10.5 Å². The van der Waals surface area contributed by atoms with Crippen molar-refractivity contribution in [3.05, 3.63) is 28.0 Å². The first-order valence-corrected chi connectivity index (χ1v) is 5.66. The highest BCUT2D eigenvalue weighted by Gasteiger charge is 2.46. The van der Waals surface area contributed by atoms with E-state index in [4.69, 9.17) is 4.42 Å². The van der Waals surface area contributed by atoms with Gasteiger partial charge in [-0.3, -0.25) is 14.9 Å². The third-order valence-corrected chi connectivity index (χ3v) is 3.33. The van der Waals surface area contributed by atoms with E-state index in [2.05, 4.69) is 0 Å². The zero-order valence-corrected chi connectivity index (χ0v) is 10.2. The number of carboxylic acid groups (broad SMARTS) is 1. The first-order valence-electron chi connectivity index (χ1n) is 5.66. The van der Waals surface area contributed by atoms with Gasteiger partial charge in [-0.2, -0.15) is 0 Å². The molecular weight excluding hydrogens is 256 g/mol. The van der Waals surface area contributed by atoms with E-state index >= 15 is 0 Å². The SMILES string of the molecule is CC1(C(=O)O)CCCN1C(=O)c1ccc([N+](=O)[O-])o1. The van der Waals surface area contributed by atoms with E-state index in [-0.39, 0.29) is 12.3 Å². The normalized spacial score (nSPS) is 22.5. The molecule has 1 aliphatic heterocycles. The van der Waals surface area contributed by atoms with Crippen LogP contribution in [0.5, 0.6) is 0 Å². The number of amides is 1. The fourth-order valence-electron chi connectivity index (χ4n) is 2.18. The van der Waals surface area contributed by atoms with Gasteiger partial charge < -0.3 is 14.4 Å². The molecule has 1 amide bonds. The summed E-state index contributed by atoms with van der Waals surface area (Å²) in [5.41, 5.74) is -1.29. The zero-order chi connectivity index (χ0) is 14.2. The van der Waals surface area contributed by atoms with Crippen molar-refractivity contribution in [3.63, 3.8) is 0 Å². The van der Waals surface area contributed by atoms with Crippen LogP contribution in [0, 0.1) is 10.1 Å². The molecule has 0 saturated carbocycles. The number of carbonyl (C=O) groups excluding carboxylic acids is 1. The van der Waals surface area contributed by atoms with Gasteiger partial charge in [0.15, 0.2) is 5.76 Å². The Morgan fingerprint density at radius 2 is 2.21 bits per heavy atom. The van der Waals surface area contributed by atoms with Crippen molar-refractivity contribution in [3.8, 4) is 0 Å². The van der Waals surface area contributed by atoms with Crippen molar-refractivity contribution < 1.29 is 24.0 Å². The van der Waals surface area contributed by atoms with Crippen LogP contribution >= 0.6 is 0 Å². The molecule has 102 valence electrons. The van der Waals surface area contributed by atoms with Crippen molar-refractivity contribution in [1.29, 1.82) is 0 Å². The summed E-state index contributed by atoms with van der Waals surface area (Å²) in [7, 11) is 0. The topological polar surface area (TPSA) is 114 Å². The van der Waals surface area contributed by atoms with Crippen LogP contribution in [-0.4, -0.2) is 38.9 Å². The van der Waals surface area contributed by atoms with Crippen LogP contribution in [0.1, 0.15) is 30.3 Å². The number of carboxylic acids is 1. The number of carbonyl (C=O) groups is 2. The quantitative estimate of drug-likeness (QED) is 0.652. The molecule has 0 aliphatic carbocycles. The Morgan fingerprint density at radius 3 is 2.74 bits per heavy atom. The van der Waals surface area contributed by atoms with Crippen LogP contribution in [0.2, 0.25) is 0 Å². The number of aliphatic carboxylic acids is 1. The van der Waals surface area contributed by atoms with Crippen LogP contribution in [0.4, 0.5) is 5.88 Å². The van der Waals surface area contributed by atoms with Crippen LogP contribution in [0.3, 0.4) is 0 Å². The standard InChI is InChI=1S/C11H12N2O6/c1-11(10(15)16)5-2-6-12(11)9(14)7-3-4-8(19-7)13(17)18/h3-4H,2,5-6H2,1H3,(H,15,16). The van der Waals surface area contributed by atoms with Crippen LogP contribution < -0.4 is 0 Å². The minimum Gasteiger partial charge on any atom is -0.480 e. The molecule has 1 fully saturated rings. The van der Waals surface area contributed by atoms with Crippen LogP contribution in [0.15, 0.2) is 16.5 Å². The molecule has 0 spiro atoms. The average molecular weight is 268 g/mol. The molecule has 1 atom stereocenters. The Labute approximate surface area is 107 Å². The molecule has 1 aromatic heterocycles. The van der Waals surface area contributed by atoms with E-state index in [1.165, 1.54) is 17.9 Å². The summed E-state index contributed by atoms with van der Waals surface area (Å²) in [4.78, 5) is 34.3. The van der Waals surface area contributed by atoms with Gasteiger partial charge in [-0.1, -0.05) is 0 Å². The van der Waals surface area contributed by atoms with Crippen molar-refractivity contribution in [2.24, 2.45) is 0 Å². The minimum atomic E-state index is -1.29. The summed E-state index contributed by atoms with van der Waals surface area (Å²) >= 11 is 0. The van der Waals surface area contributed by atoms with Gasteiger partial charge in [-0.25, -0.2) is 4.79 Å². The fourth-order valence-corrected chi connectivity index (χ4v) is 2.18. The van der Waals surface area contributed by atoms with Gasteiger partial charge >= 0.3 is 11.9 Å². The molecule has 1 aromatic rings. The largest absolute Gasteiger partial charge is 0.480 e. The highest BCUT2D eigenvalue weighted by molar-refractivity contribution is 5.96.